The standard InChI is InChI=1S/C13H22ClNO2/c14-11-4-3-8-15(10-11)13(16)7-6-12-5-1-2-9-17-12/h11-12H,1-10H2. The molecule has 2 aliphatic rings. The summed E-state index contributed by atoms with van der Waals surface area (Å²) in [6.45, 7) is 2.48. The Bertz CT molecular complexity index is 254. The molecule has 0 aromatic heterocycles. The zero-order valence-corrected chi connectivity index (χ0v) is 11.1. The lowest BCUT2D eigenvalue weighted by Crippen LogP contribution is -2.40. The van der Waals surface area contributed by atoms with Gasteiger partial charge in [0.25, 0.3) is 0 Å². The molecule has 2 rings (SSSR count). The molecule has 0 aromatic carbocycles. The van der Waals surface area contributed by atoms with Crippen molar-refractivity contribution in [2.75, 3.05) is 19.7 Å². The Morgan fingerprint density at radius 3 is 2.88 bits per heavy atom. The summed E-state index contributed by atoms with van der Waals surface area (Å²) in [7, 11) is 0. The molecule has 4 heteroatoms. The van der Waals surface area contributed by atoms with Crippen LogP contribution in [-0.2, 0) is 9.53 Å². The van der Waals surface area contributed by atoms with Crippen LogP contribution in [0, 0.1) is 0 Å². The van der Waals surface area contributed by atoms with Crippen LogP contribution < -0.4 is 0 Å². The van der Waals surface area contributed by atoms with Gasteiger partial charge in [-0.1, -0.05) is 0 Å². The van der Waals surface area contributed by atoms with Gasteiger partial charge in [-0.25, -0.2) is 0 Å². The average Bonchev–Trinajstić information content (AvgIpc) is 2.37. The van der Waals surface area contributed by atoms with E-state index in [4.69, 9.17) is 16.3 Å². The lowest BCUT2D eigenvalue weighted by atomic mass is 10.0. The van der Waals surface area contributed by atoms with Gasteiger partial charge < -0.3 is 9.64 Å². The molecule has 2 atom stereocenters. The number of likely N-dealkylation sites (tertiary alicyclic amines) is 1. The highest BCUT2D eigenvalue weighted by atomic mass is 35.5. The summed E-state index contributed by atoms with van der Waals surface area (Å²) >= 11 is 6.09. The minimum Gasteiger partial charge on any atom is -0.378 e. The van der Waals surface area contributed by atoms with Crippen LogP contribution in [0.5, 0.6) is 0 Å². The van der Waals surface area contributed by atoms with E-state index in [0.29, 0.717) is 12.5 Å². The van der Waals surface area contributed by atoms with Gasteiger partial charge >= 0.3 is 0 Å². The molecule has 0 N–H and O–H groups in total. The molecule has 0 aliphatic carbocycles. The van der Waals surface area contributed by atoms with Crippen LogP contribution >= 0.6 is 11.6 Å². The first-order valence-corrected chi connectivity index (χ1v) is 7.23. The summed E-state index contributed by atoms with van der Waals surface area (Å²) in [6.07, 6.45) is 7.42. The SMILES string of the molecule is O=C(CCC1CCCCO1)N1CCCC(Cl)C1. The quantitative estimate of drug-likeness (QED) is 0.729. The number of piperidine rings is 1. The van der Waals surface area contributed by atoms with Gasteiger partial charge in [0.05, 0.1) is 11.5 Å². The molecular weight excluding hydrogens is 238 g/mol. The van der Waals surface area contributed by atoms with E-state index in [1.165, 1.54) is 12.8 Å². The summed E-state index contributed by atoms with van der Waals surface area (Å²) in [6, 6.07) is 0. The van der Waals surface area contributed by atoms with Gasteiger partial charge in [0, 0.05) is 26.1 Å². The van der Waals surface area contributed by atoms with Crippen molar-refractivity contribution in [3.8, 4) is 0 Å². The summed E-state index contributed by atoms with van der Waals surface area (Å²) in [5, 5.41) is 0.152. The molecule has 3 nitrogen and oxygen atoms in total. The Morgan fingerprint density at radius 1 is 1.29 bits per heavy atom. The molecule has 0 spiro atoms. The van der Waals surface area contributed by atoms with Gasteiger partial charge in [0.2, 0.25) is 5.91 Å². The van der Waals surface area contributed by atoms with Gasteiger partial charge in [-0.3, -0.25) is 4.79 Å². The minimum atomic E-state index is 0.152. The number of nitrogens with zero attached hydrogens (tertiary/aromatic N) is 1. The van der Waals surface area contributed by atoms with Gasteiger partial charge in [0.15, 0.2) is 0 Å². The van der Waals surface area contributed by atoms with E-state index in [1.807, 2.05) is 4.90 Å². The number of hydrogen-bond donors (Lipinski definition) is 0. The number of carbonyl (C=O) groups excluding carboxylic acids is 1. The Balaban J connectivity index is 1.69. The number of hydrogen-bond acceptors (Lipinski definition) is 2. The third-order valence-corrected chi connectivity index (χ3v) is 4.03. The second kappa shape index (κ2) is 6.60. The molecule has 1 amide bonds. The lowest BCUT2D eigenvalue weighted by Gasteiger charge is -2.30. The lowest BCUT2D eigenvalue weighted by molar-refractivity contribution is -0.133. The fourth-order valence-corrected chi connectivity index (χ4v) is 2.95. The van der Waals surface area contributed by atoms with E-state index in [-0.39, 0.29) is 11.3 Å². The largest absolute Gasteiger partial charge is 0.378 e. The van der Waals surface area contributed by atoms with Crippen molar-refractivity contribution < 1.29 is 9.53 Å². The summed E-state index contributed by atoms with van der Waals surface area (Å²) < 4.78 is 5.64. The van der Waals surface area contributed by atoms with Gasteiger partial charge in [-0.15, -0.1) is 11.6 Å². The van der Waals surface area contributed by atoms with Crippen LogP contribution in [-0.4, -0.2) is 42.0 Å². The topological polar surface area (TPSA) is 29.5 Å². The Labute approximate surface area is 108 Å². The van der Waals surface area contributed by atoms with Crippen LogP contribution in [0.25, 0.3) is 0 Å². The zero-order chi connectivity index (χ0) is 12.1. The molecule has 0 bridgehead atoms. The number of carbonyl (C=O) groups is 1. The number of halogens is 1. The zero-order valence-electron chi connectivity index (χ0n) is 10.4. The van der Waals surface area contributed by atoms with Crippen molar-refractivity contribution in [2.24, 2.45) is 0 Å². The number of amides is 1. The molecule has 2 heterocycles. The van der Waals surface area contributed by atoms with E-state index in [1.54, 1.807) is 0 Å². The van der Waals surface area contributed by atoms with Crippen molar-refractivity contribution in [3.63, 3.8) is 0 Å². The first kappa shape index (κ1) is 13.2. The average molecular weight is 260 g/mol. The highest BCUT2D eigenvalue weighted by Gasteiger charge is 2.23. The highest BCUT2D eigenvalue weighted by Crippen LogP contribution is 2.19. The molecule has 0 aromatic rings. The van der Waals surface area contributed by atoms with E-state index >= 15 is 0 Å². The highest BCUT2D eigenvalue weighted by molar-refractivity contribution is 6.20. The second-order valence-electron chi connectivity index (χ2n) is 5.11. The maximum absolute atomic E-state index is 12.0. The molecule has 0 radical (unpaired) electrons. The number of alkyl halides is 1. The van der Waals surface area contributed by atoms with Crippen molar-refractivity contribution in [2.45, 2.75) is 56.4 Å². The molecule has 98 valence electrons. The van der Waals surface area contributed by atoms with Crippen LogP contribution in [0.2, 0.25) is 0 Å². The van der Waals surface area contributed by atoms with Crippen LogP contribution in [0.3, 0.4) is 0 Å². The fourth-order valence-electron chi connectivity index (χ4n) is 2.63. The number of rotatable bonds is 3. The predicted molar refractivity (Wildman–Crippen MR) is 68.3 cm³/mol. The monoisotopic (exact) mass is 259 g/mol. The minimum absolute atomic E-state index is 0.152. The molecule has 2 unspecified atom stereocenters. The normalized spacial score (nSPS) is 30.3. The molecule has 2 fully saturated rings. The van der Waals surface area contributed by atoms with Crippen molar-refractivity contribution in [3.05, 3.63) is 0 Å². The van der Waals surface area contributed by atoms with Crippen LogP contribution in [0.1, 0.15) is 44.9 Å². The molecular formula is C13H22ClNO2. The summed E-state index contributed by atoms with van der Waals surface area (Å²) in [5.41, 5.74) is 0. The van der Waals surface area contributed by atoms with Gasteiger partial charge in [-0.05, 0) is 38.5 Å². The van der Waals surface area contributed by atoms with E-state index in [2.05, 4.69) is 0 Å². The molecule has 2 saturated heterocycles. The third-order valence-electron chi connectivity index (χ3n) is 3.67. The van der Waals surface area contributed by atoms with E-state index in [9.17, 15) is 4.79 Å². The molecule has 0 saturated carbocycles. The first-order chi connectivity index (χ1) is 8.25. The fraction of sp³-hybridized carbons (Fsp3) is 0.923. The van der Waals surface area contributed by atoms with E-state index < -0.39 is 0 Å². The Morgan fingerprint density at radius 2 is 2.18 bits per heavy atom. The smallest absolute Gasteiger partial charge is 0.222 e. The van der Waals surface area contributed by atoms with Crippen LogP contribution in [0.4, 0.5) is 0 Å². The van der Waals surface area contributed by atoms with Gasteiger partial charge in [-0.2, -0.15) is 0 Å². The predicted octanol–water partition coefficient (Wildman–Crippen LogP) is 2.57. The summed E-state index contributed by atoms with van der Waals surface area (Å²) in [5.74, 6) is 0.254. The van der Waals surface area contributed by atoms with Crippen molar-refractivity contribution >= 4 is 17.5 Å². The summed E-state index contributed by atoms with van der Waals surface area (Å²) in [4.78, 5) is 13.9. The molecule has 17 heavy (non-hydrogen) atoms. The Hall–Kier alpha value is -0.280. The number of ether oxygens (including phenoxy) is 1. The van der Waals surface area contributed by atoms with Crippen LogP contribution in [0.15, 0.2) is 0 Å². The Kier molecular flexibility index (Phi) is 5.11. The van der Waals surface area contributed by atoms with Crippen molar-refractivity contribution in [1.29, 1.82) is 0 Å². The van der Waals surface area contributed by atoms with E-state index in [0.717, 1.165) is 45.4 Å². The maximum atomic E-state index is 12.0. The molecule has 2 aliphatic heterocycles. The van der Waals surface area contributed by atoms with Gasteiger partial charge in [0.1, 0.15) is 0 Å². The second-order valence-corrected chi connectivity index (χ2v) is 5.72. The maximum Gasteiger partial charge on any atom is 0.222 e. The third kappa shape index (κ3) is 4.14. The van der Waals surface area contributed by atoms with Crippen molar-refractivity contribution in [1.82, 2.24) is 4.90 Å². The first-order valence-electron chi connectivity index (χ1n) is 6.79.